The number of ether oxygens (including phenoxy) is 3. The molecule has 12 heteroatoms. The second kappa shape index (κ2) is 12.6. The van der Waals surface area contributed by atoms with E-state index in [0.29, 0.717) is 35.1 Å². The van der Waals surface area contributed by atoms with Crippen LogP contribution in [0.25, 0.3) is 0 Å². The van der Waals surface area contributed by atoms with Gasteiger partial charge in [0.2, 0.25) is 0 Å². The molecule has 2 aromatic rings. The maximum atomic E-state index is 12.4. The quantitative estimate of drug-likeness (QED) is 0.391. The fraction of sp³-hybridized carbons (Fsp3) is 0.333. The van der Waals surface area contributed by atoms with Gasteiger partial charge in [-0.15, -0.1) is 0 Å². The van der Waals surface area contributed by atoms with Crippen LogP contribution in [0.3, 0.4) is 0 Å². The van der Waals surface area contributed by atoms with Gasteiger partial charge < -0.3 is 24.8 Å². The van der Waals surface area contributed by atoms with Gasteiger partial charge in [-0.05, 0) is 49.0 Å². The lowest BCUT2D eigenvalue weighted by atomic mass is 10.2. The van der Waals surface area contributed by atoms with E-state index in [1.165, 1.54) is 33.4 Å². The predicted octanol–water partition coefficient (Wildman–Crippen LogP) is 2.35. The zero-order valence-corrected chi connectivity index (χ0v) is 20.8. The third-order valence-corrected chi connectivity index (χ3v) is 6.52. The zero-order chi connectivity index (χ0) is 24.4. The van der Waals surface area contributed by atoms with Crippen molar-refractivity contribution in [2.24, 2.45) is 0 Å². The molecular weight excluding hydrogens is 490 g/mol. The van der Waals surface area contributed by atoms with Gasteiger partial charge in [-0.2, -0.15) is 0 Å². The summed E-state index contributed by atoms with van der Waals surface area (Å²) in [6.45, 7) is 0.481. The summed E-state index contributed by atoms with van der Waals surface area (Å²) in [6, 6.07) is 10.8. The number of nitrogens with one attached hydrogen (secondary N) is 3. The van der Waals surface area contributed by atoms with E-state index in [-0.39, 0.29) is 28.6 Å². The Morgan fingerprint density at radius 1 is 1.18 bits per heavy atom. The lowest BCUT2D eigenvalue weighted by Crippen LogP contribution is -2.37. The number of hydrogen-bond donors (Lipinski definition) is 3. The van der Waals surface area contributed by atoms with Crippen molar-refractivity contribution in [3.63, 3.8) is 0 Å². The Kier molecular flexibility index (Phi) is 10.2. The lowest BCUT2D eigenvalue weighted by Gasteiger charge is -2.17. The molecule has 0 bridgehead atoms. The second-order valence-corrected chi connectivity index (χ2v) is 9.24. The standard InChI is InChI=1S/C21H26ClN3O6S2/c1-23-21(32)25-33(27,28)17-6-4-5-15(12-17)31-13-16(29-2)9-10-24-20(26)18-8-7-14(22)11-19(18)30-3/h4-8,11-12,16H,9-10,13H2,1-3H3,(H,24,26)(H2,23,25,32). The largest absolute Gasteiger partial charge is 0.496 e. The Morgan fingerprint density at radius 3 is 2.61 bits per heavy atom. The Hall–Kier alpha value is -2.60. The number of thiocarbonyl (C=S) groups is 1. The predicted molar refractivity (Wildman–Crippen MR) is 130 cm³/mol. The van der Waals surface area contributed by atoms with E-state index in [1.807, 2.05) is 0 Å². The molecule has 3 N–H and O–H groups in total. The maximum absolute atomic E-state index is 12.4. The van der Waals surface area contributed by atoms with Gasteiger partial charge in [0.05, 0.1) is 23.7 Å². The van der Waals surface area contributed by atoms with Gasteiger partial charge in [0.1, 0.15) is 18.1 Å². The van der Waals surface area contributed by atoms with E-state index < -0.39 is 10.0 Å². The summed E-state index contributed by atoms with van der Waals surface area (Å²) in [4.78, 5) is 12.4. The lowest BCUT2D eigenvalue weighted by molar-refractivity contribution is 0.0516. The van der Waals surface area contributed by atoms with E-state index in [2.05, 4.69) is 15.4 Å². The van der Waals surface area contributed by atoms with Gasteiger partial charge >= 0.3 is 0 Å². The second-order valence-electron chi connectivity index (χ2n) is 6.72. The normalized spacial score (nSPS) is 11.9. The summed E-state index contributed by atoms with van der Waals surface area (Å²) in [5.41, 5.74) is 0.372. The topological polar surface area (TPSA) is 115 Å². The molecular formula is C21H26ClN3O6S2. The Morgan fingerprint density at radius 2 is 1.94 bits per heavy atom. The van der Waals surface area contributed by atoms with Gasteiger partial charge in [0.25, 0.3) is 15.9 Å². The van der Waals surface area contributed by atoms with Crippen molar-refractivity contribution in [3.05, 3.63) is 53.1 Å². The molecule has 0 aliphatic rings. The molecule has 0 radical (unpaired) electrons. The molecule has 9 nitrogen and oxygen atoms in total. The highest BCUT2D eigenvalue weighted by molar-refractivity contribution is 7.91. The summed E-state index contributed by atoms with van der Waals surface area (Å²) >= 11 is 10.8. The number of benzene rings is 2. The first-order chi connectivity index (χ1) is 15.7. The summed E-state index contributed by atoms with van der Waals surface area (Å²) in [7, 11) is 0.683. The maximum Gasteiger partial charge on any atom is 0.263 e. The molecule has 1 amide bonds. The molecule has 1 unspecified atom stereocenters. The van der Waals surface area contributed by atoms with Crippen molar-refractivity contribution in [1.82, 2.24) is 15.4 Å². The van der Waals surface area contributed by atoms with Crippen molar-refractivity contribution in [2.45, 2.75) is 17.4 Å². The van der Waals surface area contributed by atoms with Gasteiger partial charge in [0.15, 0.2) is 5.11 Å². The Labute approximate surface area is 203 Å². The van der Waals surface area contributed by atoms with Crippen LogP contribution >= 0.6 is 23.8 Å². The van der Waals surface area contributed by atoms with Gasteiger partial charge in [-0.3, -0.25) is 9.52 Å². The highest BCUT2D eigenvalue weighted by Crippen LogP contribution is 2.23. The van der Waals surface area contributed by atoms with Crippen LogP contribution in [0, 0.1) is 0 Å². The molecule has 180 valence electrons. The molecule has 0 aliphatic heterocycles. The molecule has 0 spiro atoms. The van der Waals surface area contributed by atoms with E-state index in [0.717, 1.165) is 0 Å². The van der Waals surface area contributed by atoms with Crippen LogP contribution in [0.2, 0.25) is 5.02 Å². The minimum absolute atomic E-state index is 0.00995. The van der Waals surface area contributed by atoms with Crippen LogP contribution in [0.1, 0.15) is 16.8 Å². The van der Waals surface area contributed by atoms with Crippen LogP contribution in [0.4, 0.5) is 0 Å². The van der Waals surface area contributed by atoms with E-state index in [9.17, 15) is 13.2 Å². The van der Waals surface area contributed by atoms with Crippen LogP contribution in [-0.4, -0.2) is 60.0 Å². The first-order valence-corrected chi connectivity index (χ1v) is 12.1. The van der Waals surface area contributed by atoms with E-state index in [1.54, 1.807) is 30.3 Å². The molecule has 0 saturated heterocycles. The third-order valence-electron chi connectivity index (χ3n) is 4.50. The molecule has 0 saturated carbocycles. The fourth-order valence-corrected chi connectivity index (χ4v) is 4.20. The van der Waals surface area contributed by atoms with Crippen molar-refractivity contribution >= 4 is 44.9 Å². The zero-order valence-electron chi connectivity index (χ0n) is 18.4. The van der Waals surface area contributed by atoms with Crippen molar-refractivity contribution in [2.75, 3.05) is 34.4 Å². The van der Waals surface area contributed by atoms with Gasteiger partial charge in [-0.25, -0.2) is 8.42 Å². The van der Waals surface area contributed by atoms with E-state index >= 15 is 0 Å². The molecule has 0 fully saturated rings. The molecule has 2 rings (SSSR count). The number of halogens is 1. The smallest absolute Gasteiger partial charge is 0.263 e. The molecule has 0 heterocycles. The van der Waals surface area contributed by atoms with Crippen LogP contribution in [0.5, 0.6) is 11.5 Å². The van der Waals surface area contributed by atoms with Crippen LogP contribution < -0.4 is 24.8 Å². The summed E-state index contributed by atoms with van der Waals surface area (Å²) in [5.74, 6) is 0.431. The number of sulfonamides is 1. The van der Waals surface area contributed by atoms with Crippen molar-refractivity contribution in [3.8, 4) is 11.5 Å². The van der Waals surface area contributed by atoms with Gasteiger partial charge in [-0.1, -0.05) is 17.7 Å². The number of carbonyl (C=O) groups excluding carboxylic acids is 1. The third kappa shape index (κ3) is 8.04. The minimum Gasteiger partial charge on any atom is -0.496 e. The highest BCUT2D eigenvalue weighted by atomic mass is 35.5. The monoisotopic (exact) mass is 515 g/mol. The number of carbonyl (C=O) groups is 1. The van der Waals surface area contributed by atoms with Crippen LogP contribution in [-0.2, 0) is 14.8 Å². The Balaban J connectivity index is 1.91. The number of methoxy groups -OCH3 is 2. The fourth-order valence-electron chi connectivity index (χ4n) is 2.72. The number of rotatable bonds is 11. The molecule has 0 aliphatic carbocycles. The first kappa shape index (κ1) is 26.7. The molecule has 33 heavy (non-hydrogen) atoms. The number of amides is 1. The SMILES string of the molecule is CNC(=S)NS(=O)(=O)c1cccc(OCC(CCNC(=O)c2ccc(Cl)cc2OC)OC)c1. The number of hydrogen-bond acceptors (Lipinski definition) is 7. The summed E-state index contributed by atoms with van der Waals surface area (Å²) in [6.07, 6.45) is 0.126. The molecule has 1 atom stereocenters. The summed E-state index contributed by atoms with van der Waals surface area (Å²) in [5, 5.41) is 5.81. The average Bonchev–Trinajstić information content (AvgIpc) is 2.80. The van der Waals surface area contributed by atoms with Crippen molar-refractivity contribution < 1.29 is 27.4 Å². The minimum atomic E-state index is -3.83. The molecule has 0 aromatic heterocycles. The van der Waals surface area contributed by atoms with Gasteiger partial charge in [0, 0.05) is 31.8 Å². The van der Waals surface area contributed by atoms with Crippen LogP contribution in [0.15, 0.2) is 47.4 Å². The summed E-state index contributed by atoms with van der Waals surface area (Å²) < 4.78 is 43.3. The Bertz CT molecular complexity index is 1080. The average molecular weight is 516 g/mol. The van der Waals surface area contributed by atoms with E-state index in [4.69, 9.17) is 38.0 Å². The molecule has 2 aromatic carbocycles. The first-order valence-electron chi connectivity index (χ1n) is 9.82. The van der Waals surface area contributed by atoms with Crippen molar-refractivity contribution in [1.29, 1.82) is 0 Å². The highest BCUT2D eigenvalue weighted by Gasteiger charge is 2.17.